The van der Waals surface area contributed by atoms with Gasteiger partial charge in [-0.05, 0) is 55.9 Å². The Morgan fingerprint density at radius 1 is 1.13 bits per heavy atom. The highest BCUT2D eigenvalue weighted by molar-refractivity contribution is 8.76. The van der Waals surface area contributed by atoms with E-state index in [1.165, 1.54) is 39.8 Å². The van der Waals surface area contributed by atoms with Gasteiger partial charge >= 0.3 is 0 Å². The molecule has 1 saturated heterocycles. The van der Waals surface area contributed by atoms with E-state index in [2.05, 4.69) is 10.6 Å². The summed E-state index contributed by atoms with van der Waals surface area (Å²) in [5.74, 6) is -1.42. The standard InChI is InChI=1S/C32H36N2O9S2/c1-16-9-20-25(37)19-3-2-4-21-24(19)26(38)31(20,22(36)10-16)14-44-45-15-34-23-12-17(6-8-33-23)11-18-5-7-30(13-35)29(40)32(18,41)27(39)28(42-21)43-30/h2-4,6,9-10,12,18,20,27-29,33-36,39-41H,5,7-8,11,13-15H2,1H3. The molecule has 3 aliphatic heterocycles. The number of hydrogen-bond donors (Lipinski definition) is 7. The Morgan fingerprint density at radius 2 is 1.96 bits per heavy atom. The van der Waals surface area contributed by atoms with Crippen LogP contribution in [0.5, 0.6) is 5.75 Å². The fourth-order valence-electron chi connectivity index (χ4n) is 7.77. The molecule has 13 heteroatoms. The van der Waals surface area contributed by atoms with Crippen LogP contribution < -0.4 is 15.4 Å². The van der Waals surface area contributed by atoms with Gasteiger partial charge in [-0.25, -0.2) is 0 Å². The van der Waals surface area contributed by atoms with Crippen molar-refractivity contribution in [3.05, 3.63) is 76.4 Å². The van der Waals surface area contributed by atoms with Gasteiger partial charge in [-0.1, -0.05) is 51.4 Å². The van der Waals surface area contributed by atoms with E-state index >= 15 is 0 Å². The Hall–Kier alpha value is -2.78. The molecule has 1 spiro atoms. The van der Waals surface area contributed by atoms with Crippen LogP contribution in [0.15, 0.2) is 65.2 Å². The summed E-state index contributed by atoms with van der Waals surface area (Å²) in [6.45, 7) is 1.64. The lowest BCUT2D eigenvalue weighted by Crippen LogP contribution is -2.77. The predicted molar refractivity (Wildman–Crippen MR) is 167 cm³/mol. The molecule has 0 amide bonds. The number of aliphatic hydroxyl groups is 5. The van der Waals surface area contributed by atoms with E-state index in [1.54, 1.807) is 19.1 Å². The third-order valence-corrected chi connectivity index (χ3v) is 12.5. The van der Waals surface area contributed by atoms with Crippen molar-refractivity contribution in [2.24, 2.45) is 17.3 Å². The maximum atomic E-state index is 14.6. The first-order valence-corrected chi connectivity index (χ1v) is 17.5. The molecule has 240 valence electrons. The highest BCUT2D eigenvalue weighted by Crippen LogP contribution is 2.54. The van der Waals surface area contributed by atoms with Gasteiger partial charge in [-0.3, -0.25) is 9.59 Å². The molecule has 2 fully saturated rings. The van der Waals surface area contributed by atoms with Crippen LogP contribution in [0.3, 0.4) is 0 Å². The van der Waals surface area contributed by atoms with Crippen LogP contribution in [-0.4, -0.2) is 91.6 Å². The fourth-order valence-corrected chi connectivity index (χ4v) is 10.0. The van der Waals surface area contributed by atoms with Gasteiger partial charge in [0.15, 0.2) is 11.6 Å². The number of carbonyl (C=O) groups is 2. The SMILES string of the molecule is CC1=CC2C(=O)c3cccc4c3C(=O)C2(CSSCNC2=CC(=CCN2)CC2CCC3(CO)OC(O4)C(O)C2(O)C3O)C(O)=C1. The van der Waals surface area contributed by atoms with Gasteiger partial charge in [0.2, 0.25) is 6.29 Å². The number of hydrogen-bond acceptors (Lipinski definition) is 13. The van der Waals surface area contributed by atoms with Crippen molar-refractivity contribution in [1.29, 1.82) is 0 Å². The smallest absolute Gasteiger partial charge is 0.229 e. The third-order valence-electron chi connectivity index (χ3n) is 10.2. The number of carbonyl (C=O) groups excluding carboxylic acids is 2. The Balaban J connectivity index is 1.37. The number of rotatable bonds is 1. The summed E-state index contributed by atoms with van der Waals surface area (Å²) in [7, 11) is 2.81. The second-order valence-electron chi connectivity index (χ2n) is 12.7. The number of dihydropyridines is 1. The normalized spacial score (nSPS) is 39.4. The van der Waals surface area contributed by atoms with Crippen LogP contribution in [0, 0.1) is 17.3 Å². The molecule has 7 N–H and O–H groups in total. The van der Waals surface area contributed by atoms with Crippen molar-refractivity contribution >= 4 is 33.2 Å². The molecule has 3 heterocycles. The number of fused-ring (bicyclic) bond motifs is 3. The zero-order valence-corrected chi connectivity index (χ0v) is 26.2. The lowest BCUT2D eigenvalue weighted by atomic mass is 9.60. The number of aliphatic hydroxyl groups excluding tert-OH is 4. The van der Waals surface area contributed by atoms with Crippen LogP contribution in [0.25, 0.3) is 0 Å². The van der Waals surface area contributed by atoms with E-state index in [1.807, 2.05) is 12.2 Å². The van der Waals surface area contributed by atoms with E-state index in [0.29, 0.717) is 30.8 Å². The highest BCUT2D eigenvalue weighted by atomic mass is 33.1. The minimum absolute atomic E-state index is 0.0563. The average molecular weight is 657 g/mol. The predicted octanol–water partition coefficient (Wildman–Crippen LogP) is 2.10. The molecular formula is C32H36N2O9S2. The number of allylic oxidation sites excluding steroid dienone is 6. The molecule has 11 nitrogen and oxygen atoms in total. The molecule has 1 saturated carbocycles. The Bertz CT molecular complexity index is 1580. The van der Waals surface area contributed by atoms with E-state index in [-0.39, 0.29) is 40.6 Å². The van der Waals surface area contributed by atoms with Gasteiger partial charge in [-0.15, -0.1) is 0 Å². The van der Waals surface area contributed by atoms with Gasteiger partial charge in [0, 0.05) is 17.9 Å². The summed E-state index contributed by atoms with van der Waals surface area (Å²) in [5.41, 5.74) is -3.74. The Morgan fingerprint density at radius 3 is 2.76 bits per heavy atom. The largest absolute Gasteiger partial charge is 0.511 e. The van der Waals surface area contributed by atoms with Crippen molar-refractivity contribution < 1.29 is 44.6 Å². The van der Waals surface area contributed by atoms with Crippen LogP contribution in [0.2, 0.25) is 0 Å². The summed E-state index contributed by atoms with van der Waals surface area (Å²) < 4.78 is 12.3. The molecule has 0 radical (unpaired) electrons. The van der Waals surface area contributed by atoms with Crippen molar-refractivity contribution in [3.63, 3.8) is 0 Å². The van der Waals surface area contributed by atoms with E-state index < -0.39 is 59.3 Å². The first kappa shape index (κ1) is 30.9. The number of Topliss-reactive ketones (excluding diaryl/α,β-unsaturated/α-hetero) is 2. The van der Waals surface area contributed by atoms with Gasteiger partial charge in [0.05, 0.1) is 29.8 Å². The summed E-state index contributed by atoms with van der Waals surface area (Å²) in [5, 5.41) is 63.8. The Kier molecular flexibility index (Phi) is 7.67. The van der Waals surface area contributed by atoms with Gasteiger partial charge in [-0.2, -0.15) is 0 Å². The first-order chi connectivity index (χ1) is 21.5. The van der Waals surface area contributed by atoms with E-state index in [0.717, 1.165) is 11.4 Å². The topological polar surface area (TPSA) is 178 Å². The zero-order chi connectivity index (χ0) is 31.7. The third kappa shape index (κ3) is 4.54. The van der Waals surface area contributed by atoms with Crippen LogP contribution in [0.4, 0.5) is 0 Å². The maximum Gasteiger partial charge on any atom is 0.229 e. The van der Waals surface area contributed by atoms with E-state index in [4.69, 9.17) is 9.47 Å². The van der Waals surface area contributed by atoms with Crippen molar-refractivity contribution in [1.82, 2.24) is 10.6 Å². The summed E-state index contributed by atoms with van der Waals surface area (Å²) in [6.07, 6.45) is 2.97. The summed E-state index contributed by atoms with van der Waals surface area (Å²) >= 11 is 0. The quantitative estimate of drug-likeness (QED) is 0.219. The monoisotopic (exact) mass is 656 g/mol. The molecule has 3 aliphatic carbocycles. The minimum atomic E-state index is -2.14. The fraction of sp³-hybridized carbons (Fsp3) is 0.500. The van der Waals surface area contributed by atoms with E-state index in [9.17, 15) is 35.1 Å². The summed E-state index contributed by atoms with van der Waals surface area (Å²) in [6, 6.07) is 4.57. The number of benzene rings is 1. The van der Waals surface area contributed by atoms with Crippen LogP contribution in [-0.2, 0) is 4.74 Å². The number of ether oxygens (including phenoxy) is 2. The van der Waals surface area contributed by atoms with Crippen molar-refractivity contribution in [3.8, 4) is 5.75 Å². The second-order valence-corrected chi connectivity index (χ2v) is 15.1. The molecule has 0 aromatic heterocycles. The second kappa shape index (κ2) is 11.2. The number of nitrogens with one attached hydrogen (secondary N) is 2. The average Bonchev–Trinajstić information content (AvgIpc) is 3.02. The summed E-state index contributed by atoms with van der Waals surface area (Å²) in [4.78, 5) is 28.7. The molecule has 8 atom stereocenters. The molecule has 7 bridgehead atoms. The van der Waals surface area contributed by atoms with Gasteiger partial charge in [0.25, 0.3) is 0 Å². The minimum Gasteiger partial charge on any atom is -0.511 e. The molecule has 7 rings (SSSR count). The van der Waals surface area contributed by atoms with Crippen LogP contribution >= 0.6 is 21.6 Å². The van der Waals surface area contributed by atoms with Crippen molar-refractivity contribution in [2.45, 2.75) is 55.9 Å². The Labute approximate surface area is 267 Å². The number of ketones is 2. The lowest BCUT2D eigenvalue weighted by molar-refractivity contribution is -0.376. The molecule has 8 unspecified atom stereocenters. The zero-order valence-electron chi connectivity index (χ0n) is 24.6. The van der Waals surface area contributed by atoms with Gasteiger partial charge < -0.3 is 45.6 Å². The molecule has 1 aromatic rings. The lowest BCUT2D eigenvalue weighted by Gasteiger charge is -2.59. The van der Waals surface area contributed by atoms with Crippen molar-refractivity contribution in [2.75, 3.05) is 24.8 Å². The van der Waals surface area contributed by atoms with Crippen LogP contribution in [0.1, 0.15) is 46.9 Å². The first-order valence-electron chi connectivity index (χ1n) is 15.0. The maximum absolute atomic E-state index is 14.6. The molecule has 6 aliphatic rings. The molecule has 1 aromatic carbocycles. The molecule has 45 heavy (non-hydrogen) atoms. The van der Waals surface area contributed by atoms with Gasteiger partial charge in [0.1, 0.15) is 40.3 Å². The highest BCUT2D eigenvalue weighted by Gasteiger charge is 2.68. The molecular weight excluding hydrogens is 620 g/mol.